The van der Waals surface area contributed by atoms with Crippen molar-refractivity contribution in [3.05, 3.63) is 23.8 Å². The molecule has 18 heavy (non-hydrogen) atoms. The van der Waals surface area contributed by atoms with Crippen molar-refractivity contribution in [1.82, 2.24) is 0 Å². The highest BCUT2D eigenvalue weighted by atomic mass is 16.5. The lowest BCUT2D eigenvalue weighted by atomic mass is 9.99. The Bertz CT molecular complexity index is 458. The molecule has 4 nitrogen and oxygen atoms in total. The van der Waals surface area contributed by atoms with Gasteiger partial charge in [-0.25, -0.2) is 0 Å². The number of hydrogen-bond acceptors (Lipinski definition) is 3. The summed E-state index contributed by atoms with van der Waals surface area (Å²) in [7, 11) is 3.68. The molecule has 4 heteroatoms. The average Bonchev–Trinajstić information content (AvgIpc) is 2.65. The second-order valence-corrected chi connectivity index (χ2v) is 4.94. The molecule has 2 unspecified atom stereocenters. The second kappa shape index (κ2) is 4.88. The number of likely N-dealkylation sites (N-methyl/N-ethyl adjacent to an activating group) is 1. The summed E-state index contributed by atoms with van der Waals surface area (Å²) in [4.78, 5) is 13.1. The first kappa shape index (κ1) is 12.7. The second-order valence-electron chi connectivity index (χ2n) is 4.94. The number of ether oxygens (including phenoxy) is 1. The molecule has 0 saturated carbocycles. The van der Waals surface area contributed by atoms with Crippen LogP contribution in [0.3, 0.4) is 0 Å². The van der Waals surface area contributed by atoms with E-state index < -0.39 is 5.97 Å². The largest absolute Gasteiger partial charge is 0.497 e. The van der Waals surface area contributed by atoms with Crippen molar-refractivity contribution in [2.75, 3.05) is 19.1 Å². The Morgan fingerprint density at radius 3 is 2.94 bits per heavy atom. The Hall–Kier alpha value is -1.71. The minimum absolute atomic E-state index is 0.262. The molecule has 1 aliphatic heterocycles. The summed E-state index contributed by atoms with van der Waals surface area (Å²) in [6.07, 6.45) is 1.56. The highest BCUT2D eigenvalue weighted by Crippen LogP contribution is 2.35. The Labute approximate surface area is 107 Å². The molecule has 2 rings (SSSR count). The quantitative estimate of drug-likeness (QED) is 0.888. The van der Waals surface area contributed by atoms with Gasteiger partial charge in [0, 0.05) is 18.8 Å². The van der Waals surface area contributed by atoms with E-state index >= 15 is 0 Å². The first-order valence-electron chi connectivity index (χ1n) is 6.15. The Balaban J connectivity index is 2.14. The lowest BCUT2D eigenvalue weighted by Gasteiger charge is -2.24. The maximum atomic E-state index is 10.9. The number of anilines is 1. The summed E-state index contributed by atoms with van der Waals surface area (Å²) in [5, 5.41) is 8.99. The van der Waals surface area contributed by atoms with Crippen molar-refractivity contribution in [3.8, 4) is 5.75 Å². The molecule has 1 aromatic rings. The molecule has 98 valence electrons. The smallest absolute Gasteiger partial charge is 0.306 e. The molecular formula is C14H19NO3. The van der Waals surface area contributed by atoms with Crippen LogP contribution in [0.4, 0.5) is 5.69 Å². The maximum Gasteiger partial charge on any atom is 0.306 e. The van der Waals surface area contributed by atoms with Crippen LogP contribution in [0.5, 0.6) is 5.75 Å². The zero-order valence-electron chi connectivity index (χ0n) is 11.0. The standard InChI is InChI=1S/C14H19NO3/c1-9(14(16)17)6-11-7-10-8-12(18-3)4-5-13(10)15(11)2/h4-5,8-9,11H,6-7H2,1-3H3,(H,16,17). The van der Waals surface area contributed by atoms with E-state index in [0.717, 1.165) is 12.2 Å². The summed E-state index contributed by atoms with van der Waals surface area (Å²) in [6, 6.07) is 6.29. The van der Waals surface area contributed by atoms with E-state index in [1.165, 1.54) is 11.3 Å². The van der Waals surface area contributed by atoms with Crippen molar-refractivity contribution in [2.45, 2.75) is 25.8 Å². The van der Waals surface area contributed by atoms with E-state index in [1.807, 2.05) is 25.2 Å². The first-order valence-corrected chi connectivity index (χ1v) is 6.15. The van der Waals surface area contributed by atoms with Gasteiger partial charge in [-0.3, -0.25) is 4.79 Å². The van der Waals surface area contributed by atoms with Crippen molar-refractivity contribution < 1.29 is 14.6 Å². The minimum atomic E-state index is -0.725. The molecule has 1 heterocycles. The van der Waals surface area contributed by atoms with Gasteiger partial charge in [0.2, 0.25) is 0 Å². The van der Waals surface area contributed by atoms with Crippen LogP contribution in [0.2, 0.25) is 0 Å². The number of carbonyl (C=O) groups is 1. The molecule has 0 radical (unpaired) electrons. The molecule has 1 aliphatic rings. The number of aliphatic carboxylic acids is 1. The molecule has 0 fully saturated rings. The lowest BCUT2D eigenvalue weighted by molar-refractivity contribution is -0.141. The van der Waals surface area contributed by atoms with Gasteiger partial charge < -0.3 is 14.7 Å². The minimum Gasteiger partial charge on any atom is -0.497 e. The molecule has 2 atom stereocenters. The maximum absolute atomic E-state index is 10.9. The highest BCUT2D eigenvalue weighted by Gasteiger charge is 2.29. The molecule has 0 aromatic heterocycles. The molecule has 1 aromatic carbocycles. The van der Waals surface area contributed by atoms with E-state index in [1.54, 1.807) is 14.0 Å². The summed E-state index contributed by atoms with van der Waals surface area (Å²) < 4.78 is 5.22. The highest BCUT2D eigenvalue weighted by molar-refractivity contribution is 5.70. The van der Waals surface area contributed by atoms with Crippen LogP contribution in [0.15, 0.2) is 18.2 Å². The number of nitrogens with zero attached hydrogens (tertiary/aromatic N) is 1. The molecule has 1 N–H and O–H groups in total. The van der Waals surface area contributed by atoms with Gasteiger partial charge in [-0.05, 0) is 36.6 Å². The third kappa shape index (κ3) is 2.28. The Morgan fingerprint density at radius 2 is 2.33 bits per heavy atom. The third-order valence-electron chi connectivity index (χ3n) is 3.72. The molecule has 0 spiro atoms. The molecule has 0 aliphatic carbocycles. The monoisotopic (exact) mass is 249 g/mol. The average molecular weight is 249 g/mol. The number of carboxylic acids is 1. The summed E-state index contributed by atoms with van der Waals surface area (Å²) >= 11 is 0. The van der Waals surface area contributed by atoms with Gasteiger partial charge >= 0.3 is 5.97 Å². The van der Waals surface area contributed by atoms with E-state index in [9.17, 15) is 4.79 Å². The fourth-order valence-electron chi connectivity index (χ4n) is 2.53. The van der Waals surface area contributed by atoms with E-state index in [-0.39, 0.29) is 12.0 Å². The number of fused-ring (bicyclic) bond motifs is 1. The van der Waals surface area contributed by atoms with E-state index in [2.05, 4.69) is 4.90 Å². The van der Waals surface area contributed by atoms with Crippen molar-refractivity contribution in [2.24, 2.45) is 5.92 Å². The number of hydrogen-bond donors (Lipinski definition) is 1. The predicted octanol–water partition coefficient (Wildman–Crippen LogP) is 2.17. The van der Waals surface area contributed by atoms with Gasteiger partial charge in [-0.1, -0.05) is 6.92 Å². The molecule has 0 amide bonds. The molecular weight excluding hydrogens is 230 g/mol. The van der Waals surface area contributed by atoms with Gasteiger partial charge in [0.05, 0.1) is 13.0 Å². The fourth-order valence-corrected chi connectivity index (χ4v) is 2.53. The first-order chi connectivity index (χ1) is 8.52. The van der Waals surface area contributed by atoms with Gasteiger partial charge in [0.1, 0.15) is 5.75 Å². The van der Waals surface area contributed by atoms with Crippen LogP contribution in [0.25, 0.3) is 0 Å². The normalized spacial score (nSPS) is 19.5. The van der Waals surface area contributed by atoms with Crippen molar-refractivity contribution in [1.29, 1.82) is 0 Å². The van der Waals surface area contributed by atoms with Crippen LogP contribution in [-0.4, -0.2) is 31.3 Å². The summed E-state index contributed by atoms with van der Waals surface area (Å²) in [5.74, 6) is -0.181. The van der Waals surface area contributed by atoms with Gasteiger partial charge in [-0.2, -0.15) is 0 Å². The third-order valence-corrected chi connectivity index (χ3v) is 3.72. The zero-order chi connectivity index (χ0) is 13.3. The van der Waals surface area contributed by atoms with Crippen LogP contribution < -0.4 is 9.64 Å². The topological polar surface area (TPSA) is 49.8 Å². The van der Waals surface area contributed by atoms with Crippen LogP contribution in [-0.2, 0) is 11.2 Å². The number of carboxylic acid groups (broad SMARTS) is 1. The lowest BCUT2D eigenvalue weighted by Crippen LogP contribution is -2.31. The van der Waals surface area contributed by atoms with Crippen molar-refractivity contribution in [3.63, 3.8) is 0 Å². The van der Waals surface area contributed by atoms with Gasteiger partial charge in [0.25, 0.3) is 0 Å². The predicted molar refractivity (Wildman–Crippen MR) is 70.3 cm³/mol. The van der Waals surface area contributed by atoms with Crippen LogP contribution >= 0.6 is 0 Å². The fraction of sp³-hybridized carbons (Fsp3) is 0.500. The van der Waals surface area contributed by atoms with E-state index in [0.29, 0.717) is 6.42 Å². The molecule has 0 bridgehead atoms. The number of benzene rings is 1. The SMILES string of the molecule is COc1ccc2c(c1)CC(CC(C)C(=O)O)N2C. The summed E-state index contributed by atoms with van der Waals surface area (Å²) in [6.45, 7) is 1.76. The number of rotatable bonds is 4. The number of methoxy groups -OCH3 is 1. The van der Waals surface area contributed by atoms with Gasteiger partial charge in [-0.15, -0.1) is 0 Å². The van der Waals surface area contributed by atoms with Crippen LogP contribution in [0.1, 0.15) is 18.9 Å². The summed E-state index contributed by atoms with van der Waals surface area (Å²) in [5.41, 5.74) is 2.41. The molecule has 0 saturated heterocycles. The van der Waals surface area contributed by atoms with E-state index in [4.69, 9.17) is 9.84 Å². The van der Waals surface area contributed by atoms with Gasteiger partial charge in [0.15, 0.2) is 0 Å². The Morgan fingerprint density at radius 1 is 1.61 bits per heavy atom. The zero-order valence-corrected chi connectivity index (χ0v) is 11.0. The van der Waals surface area contributed by atoms with Crippen LogP contribution in [0, 0.1) is 5.92 Å². The van der Waals surface area contributed by atoms with Crippen molar-refractivity contribution >= 4 is 11.7 Å². The Kier molecular flexibility index (Phi) is 3.45.